The highest BCUT2D eigenvalue weighted by Crippen LogP contribution is 2.26. The number of nitrogens with zero attached hydrogens (tertiary/aromatic N) is 3. The monoisotopic (exact) mass is 378 g/mol. The number of pyridine rings is 1. The zero-order valence-corrected chi connectivity index (χ0v) is 15.7. The Morgan fingerprint density at radius 1 is 1.19 bits per heavy atom. The third kappa shape index (κ3) is 4.17. The van der Waals surface area contributed by atoms with Gasteiger partial charge in [0.1, 0.15) is 0 Å². The highest BCUT2D eigenvalue weighted by Gasteiger charge is 2.22. The Bertz CT molecular complexity index is 865. The first-order valence-electron chi connectivity index (χ1n) is 8.27. The van der Waals surface area contributed by atoms with Gasteiger partial charge >= 0.3 is 5.69 Å². The summed E-state index contributed by atoms with van der Waals surface area (Å²) in [5.74, 6) is 0.171. The Balaban J connectivity index is 2.22. The van der Waals surface area contributed by atoms with Crippen LogP contribution in [0.5, 0.6) is 0 Å². The summed E-state index contributed by atoms with van der Waals surface area (Å²) in [6.45, 7) is 6.22. The summed E-state index contributed by atoms with van der Waals surface area (Å²) in [7, 11) is -3.51. The van der Waals surface area contributed by atoms with Crippen LogP contribution in [0.4, 0.5) is 11.5 Å². The molecule has 26 heavy (non-hydrogen) atoms. The lowest BCUT2D eigenvalue weighted by Gasteiger charge is -2.19. The second-order valence-electron chi connectivity index (χ2n) is 5.65. The Hall–Kier alpha value is -2.52. The highest BCUT2D eigenvalue weighted by atomic mass is 32.2. The summed E-state index contributed by atoms with van der Waals surface area (Å²) < 4.78 is 26.4. The number of anilines is 1. The van der Waals surface area contributed by atoms with Crippen LogP contribution >= 0.6 is 0 Å². The minimum Gasteiger partial charge on any atom is -0.358 e. The van der Waals surface area contributed by atoms with Gasteiger partial charge in [-0.3, -0.25) is 10.1 Å². The maximum absolute atomic E-state index is 12.5. The maximum Gasteiger partial charge on any atom is 0.311 e. The van der Waals surface area contributed by atoms with Gasteiger partial charge in [0.2, 0.25) is 15.8 Å². The molecule has 1 aromatic heterocycles. The van der Waals surface area contributed by atoms with Crippen molar-refractivity contribution in [2.24, 2.45) is 0 Å². The molecular weight excluding hydrogens is 356 g/mol. The molecule has 0 fully saturated rings. The van der Waals surface area contributed by atoms with Gasteiger partial charge in [0.15, 0.2) is 0 Å². The Morgan fingerprint density at radius 3 is 2.35 bits per heavy atom. The molecule has 0 bridgehead atoms. The fourth-order valence-corrected chi connectivity index (χ4v) is 4.04. The van der Waals surface area contributed by atoms with Crippen LogP contribution in [-0.2, 0) is 10.0 Å². The SMILES string of the molecule is CCN(CC)S(=O)(=O)c1ccc(C(C)Nc2ncccc2[N+](=O)[O-])cc1. The molecule has 1 atom stereocenters. The zero-order valence-electron chi connectivity index (χ0n) is 14.9. The van der Waals surface area contributed by atoms with Crippen LogP contribution in [0.25, 0.3) is 0 Å². The van der Waals surface area contributed by atoms with E-state index in [2.05, 4.69) is 10.3 Å². The lowest BCUT2D eigenvalue weighted by molar-refractivity contribution is -0.384. The average molecular weight is 378 g/mol. The Morgan fingerprint density at radius 2 is 1.81 bits per heavy atom. The van der Waals surface area contributed by atoms with E-state index < -0.39 is 14.9 Å². The van der Waals surface area contributed by atoms with Crippen molar-refractivity contribution in [3.05, 3.63) is 58.3 Å². The van der Waals surface area contributed by atoms with Crippen molar-refractivity contribution in [1.82, 2.24) is 9.29 Å². The highest BCUT2D eigenvalue weighted by molar-refractivity contribution is 7.89. The topological polar surface area (TPSA) is 105 Å². The molecule has 0 spiro atoms. The summed E-state index contributed by atoms with van der Waals surface area (Å²) in [6, 6.07) is 9.09. The van der Waals surface area contributed by atoms with Gasteiger partial charge < -0.3 is 5.32 Å². The molecule has 0 amide bonds. The van der Waals surface area contributed by atoms with Crippen LogP contribution in [0.15, 0.2) is 47.5 Å². The van der Waals surface area contributed by atoms with Crippen molar-refractivity contribution in [2.45, 2.75) is 31.7 Å². The number of nitro groups is 1. The molecule has 0 saturated heterocycles. The third-order valence-electron chi connectivity index (χ3n) is 4.06. The van der Waals surface area contributed by atoms with E-state index in [1.165, 1.54) is 22.6 Å². The fraction of sp³-hybridized carbons (Fsp3) is 0.353. The van der Waals surface area contributed by atoms with E-state index in [4.69, 9.17) is 0 Å². The predicted molar refractivity (Wildman–Crippen MR) is 99.5 cm³/mol. The standard InChI is InChI=1S/C17H22N4O4S/c1-4-20(5-2)26(24,25)15-10-8-14(9-11-15)13(3)19-17-16(21(22)23)7-6-12-18-17/h6-13H,4-5H2,1-3H3,(H,18,19). The van der Waals surface area contributed by atoms with E-state index in [-0.39, 0.29) is 22.4 Å². The number of hydrogen-bond acceptors (Lipinski definition) is 6. The van der Waals surface area contributed by atoms with Crippen LogP contribution in [0.2, 0.25) is 0 Å². The largest absolute Gasteiger partial charge is 0.358 e. The smallest absolute Gasteiger partial charge is 0.311 e. The number of sulfonamides is 1. The first kappa shape index (κ1) is 19.8. The van der Waals surface area contributed by atoms with Crippen molar-refractivity contribution in [3.8, 4) is 0 Å². The molecule has 2 rings (SSSR count). The van der Waals surface area contributed by atoms with Gasteiger partial charge in [-0.1, -0.05) is 26.0 Å². The zero-order chi connectivity index (χ0) is 19.3. The second kappa shape index (κ2) is 8.24. The number of hydrogen-bond donors (Lipinski definition) is 1. The maximum atomic E-state index is 12.5. The predicted octanol–water partition coefficient (Wildman–Crippen LogP) is 3.19. The van der Waals surface area contributed by atoms with E-state index >= 15 is 0 Å². The van der Waals surface area contributed by atoms with Crippen molar-refractivity contribution in [3.63, 3.8) is 0 Å². The number of aromatic nitrogens is 1. The van der Waals surface area contributed by atoms with Crippen LogP contribution in [0, 0.1) is 10.1 Å². The summed E-state index contributed by atoms with van der Waals surface area (Å²) in [5, 5.41) is 14.1. The van der Waals surface area contributed by atoms with Crippen molar-refractivity contribution >= 4 is 21.5 Å². The normalized spacial score (nSPS) is 12.8. The van der Waals surface area contributed by atoms with Crippen LogP contribution < -0.4 is 5.32 Å². The molecule has 1 N–H and O–H groups in total. The lowest BCUT2D eigenvalue weighted by atomic mass is 10.1. The van der Waals surface area contributed by atoms with Gasteiger partial charge in [0.25, 0.3) is 0 Å². The van der Waals surface area contributed by atoms with Gasteiger partial charge in [-0.25, -0.2) is 13.4 Å². The lowest BCUT2D eigenvalue weighted by Crippen LogP contribution is -2.30. The molecule has 9 heteroatoms. The molecule has 140 valence electrons. The quantitative estimate of drug-likeness (QED) is 0.558. The van der Waals surface area contributed by atoms with E-state index in [1.54, 1.807) is 38.1 Å². The average Bonchev–Trinajstić information content (AvgIpc) is 2.63. The van der Waals surface area contributed by atoms with Crippen LogP contribution in [0.3, 0.4) is 0 Å². The number of rotatable bonds is 8. The number of nitrogens with one attached hydrogen (secondary N) is 1. The molecule has 0 aliphatic rings. The first-order valence-corrected chi connectivity index (χ1v) is 9.71. The molecule has 1 unspecified atom stereocenters. The molecule has 0 saturated carbocycles. The summed E-state index contributed by atoms with van der Waals surface area (Å²) in [5.41, 5.74) is 0.684. The van der Waals surface area contributed by atoms with Crippen molar-refractivity contribution < 1.29 is 13.3 Å². The van der Waals surface area contributed by atoms with Gasteiger partial charge in [-0.15, -0.1) is 0 Å². The molecule has 0 aliphatic carbocycles. The summed E-state index contributed by atoms with van der Waals surface area (Å²) in [4.78, 5) is 14.8. The number of benzene rings is 1. The van der Waals surface area contributed by atoms with Crippen LogP contribution in [-0.4, -0.2) is 35.7 Å². The fourth-order valence-electron chi connectivity index (χ4n) is 2.58. The van der Waals surface area contributed by atoms with E-state index in [9.17, 15) is 18.5 Å². The summed E-state index contributed by atoms with van der Waals surface area (Å²) in [6.07, 6.45) is 1.47. The van der Waals surface area contributed by atoms with E-state index in [0.717, 1.165) is 5.56 Å². The molecular formula is C17H22N4O4S. The van der Waals surface area contributed by atoms with Crippen molar-refractivity contribution in [2.75, 3.05) is 18.4 Å². The minimum absolute atomic E-state index is 0.111. The van der Waals surface area contributed by atoms with E-state index in [1.807, 2.05) is 6.92 Å². The second-order valence-corrected chi connectivity index (χ2v) is 7.59. The van der Waals surface area contributed by atoms with Crippen molar-refractivity contribution in [1.29, 1.82) is 0 Å². The van der Waals surface area contributed by atoms with Gasteiger partial charge in [-0.2, -0.15) is 4.31 Å². The third-order valence-corrected chi connectivity index (χ3v) is 6.12. The van der Waals surface area contributed by atoms with E-state index in [0.29, 0.717) is 13.1 Å². The van der Waals surface area contributed by atoms with Gasteiger partial charge in [0, 0.05) is 25.4 Å². The minimum atomic E-state index is -3.51. The summed E-state index contributed by atoms with van der Waals surface area (Å²) >= 11 is 0. The molecule has 8 nitrogen and oxygen atoms in total. The molecule has 1 heterocycles. The first-order chi connectivity index (χ1) is 12.3. The molecule has 0 radical (unpaired) electrons. The van der Waals surface area contributed by atoms with Crippen LogP contribution in [0.1, 0.15) is 32.4 Å². The Kier molecular flexibility index (Phi) is 6.27. The molecule has 2 aromatic rings. The van der Waals surface area contributed by atoms with Gasteiger partial charge in [0.05, 0.1) is 15.9 Å². The molecule has 0 aliphatic heterocycles. The van der Waals surface area contributed by atoms with Gasteiger partial charge in [-0.05, 0) is 30.7 Å². The molecule has 1 aromatic carbocycles. The Labute approximate surface area is 153 Å².